The number of carbonyl (C=O) groups excluding carboxylic acids is 2. The molecule has 1 rings (SSSR count). The molecule has 0 fully saturated rings. The predicted molar refractivity (Wildman–Crippen MR) is 105 cm³/mol. The molecular weight excluding hydrogens is 328 g/mol. The highest BCUT2D eigenvalue weighted by atomic mass is 16.6. The van der Waals surface area contributed by atoms with Crippen LogP contribution in [0.1, 0.15) is 65.0 Å². The van der Waals surface area contributed by atoms with E-state index in [0.717, 1.165) is 18.4 Å². The SMILES string of the molecule is CCC(CC)(CNC(=O)OC(C)(C)C)NC(=O)CCc1cccc(C)c1. The molecule has 5 nitrogen and oxygen atoms in total. The number of alkyl carbamates (subject to hydrolysis) is 1. The van der Waals surface area contributed by atoms with Gasteiger partial charge in [-0.2, -0.15) is 0 Å². The van der Waals surface area contributed by atoms with Gasteiger partial charge < -0.3 is 15.4 Å². The fraction of sp³-hybridized carbons (Fsp3) is 0.619. The number of aryl methyl sites for hydroxylation is 2. The average Bonchev–Trinajstić information content (AvgIpc) is 2.55. The van der Waals surface area contributed by atoms with Crippen LogP contribution in [0, 0.1) is 6.92 Å². The minimum Gasteiger partial charge on any atom is -0.444 e. The second-order valence-electron chi connectivity index (χ2n) is 7.88. The highest BCUT2D eigenvalue weighted by molar-refractivity contribution is 5.77. The number of carbonyl (C=O) groups is 2. The lowest BCUT2D eigenvalue weighted by molar-refractivity contribution is -0.123. The van der Waals surface area contributed by atoms with Crippen molar-refractivity contribution < 1.29 is 14.3 Å². The summed E-state index contributed by atoms with van der Waals surface area (Å²) in [5.74, 6) is 0.00111. The Balaban J connectivity index is 2.59. The van der Waals surface area contributed by atoms with E-state index in [1.165, 1.54) is 5.56 Å². The summed E-state index contributed by atoms with van der Waals surface area (Å²) in [4.78, 5) is 24.4. The van der Waals surface area contributed by atoms with E-state index in [1.807, 2.05) is 59.7 Å². The molecule has 0 bridgehead atoms. The zero-order valence-electron chi connectivity index (χ0n) is 17.1. The monoisotopic (exact) mass is 362 g/mol. The summed E-state index contributed by atoms with van der Waals surface area (Å²) < 4.78 is 5.28. The third-order valence-corrected chi connectivity index (χ3v) is 4.45. The molecule has 0 aliphatic heterocycles. The van der Waals surface area contributed by atoms with E-state index in [9.17, 15) is 9.59 Å². The fourth-order valence-electron chi connectivity index (χ4n) is 2.76. The first-order chi connectivity index (χ1) is 12.1. The predicted octanol–water partition coefficient (Wildman–Crippen LogP) is 4.13. The second-order valence-corrected chi connectivity index (χ2v) is 7.88. The third-order valence-electron chi connectivity index (χ3n) is 4.45. The molecular formula is C21H34N2O3. The van der Waals surface area contributed by atoms with Crippen LogP contribution in [0.5, 0.6) is 0 Å². The molecule has 0 heterocycles. The van der Waals surface area contributed by atoms with Crippen molar-refractivity contribution >= 4 is 12.0 Å². The number of rotatable bonds is 8. The van der Waals surface area contributed by atoms with E-state index in [4.69, 9.17) is 4.74 Å². The lowest BCUT2D eigenvalue weighted by atomic mass is 9.92. The maximum atomic E-state index is 12.5. The largest absolute Gasteiger partial charge is 0.444 e. The Kier molecular flexibility index (Phi) is 8.12. The van der Waals surface area contributed by atoms with Crippen molar-refractivity contribution in [2.75, 3.05) is 6.54 Å². The highest BCUT2D eigenvalue weighted by Gasteiger charge is 2.29. The molecule has 26 heavy (non-hydrogen) atoms. The Morgan fingerprint density at radius 3 is 2.31 bits per heavy atom. The molecule has 0 aliphatic rings. The molecule has 2 amide bonds. The maximum absolute atomic E-state index is 12.5. The number of hydrogen-bond acceptors (Lipinski definition) is 3. The van der Waals surface area contributed by atoms with Gasteiger partial charge in [-0.3, -0.25) is 4.79 Å². The van der Waals surface area contributed by atoms with Crippen LogP contribution in [0.15, 0.2) is 24.3 Å². The van der Waals surface area contributed by atoms with Gasteiger partial charge in [-0.05, 0) is 52.5 Å². The number of benzene rings is 1. The Bertz CT molecular complexity index is 602. The first kappa shape index (κ1) is 22.0. The lowest BCUT2D eigenvalue weighted by Gasteiger charge is -2.33. The van der Waals surface area contributed by atoms with E-state index < -0.39 is 17.2 Å². The van der Waals surface area contributed by atoms with Crippen molar-refractivity contribution in [3.63, 3.8) is 0 Å². The molecule has 0 spiro atoms. The molecule has 1 aromatic rings. The van der Waals surface area contributed by atoms with Gasteiger partial charge in [-0.15, -0.1) is 0 Å². The van der Waals surface area contributed by atoms with Crippen molar-refractivity contribution in [2.24, 2.45) is 0 Å². The van der Waals surface area contributed by atoms with E-state index in [2.05, 4.69) is 16.7 Å². The minimum atomic E-state index is -0.539. The van der Waals surface area contributed by atoms with Gasteiger partial charge in [-0.1, -0.05) is 43.7 Å². The molecule has 0 saturated heterocycles. The molecule has 0 saturated carbocycles. The summed E-state index contributed by atoms with van der Waals surface area (Å²) in [6.07, 6.45) is 2.14. The molecule has 146 valence electrons. The van der Waals surface area contributed by atoms with E-state index >= 15 is 0 Å². The van der Waals surface area contributed by atoms with Gasteiger partial charge in [0.1, 0.15) is 5.60 Å². The van der Waals surface area contributed by atoms with Crippen LogP contribution < -0.4 is 10.6 Å². The Morgan fingerprint density at radius 2 is 1.77 bits per heavy atom. The van der Waals surface area contributed by atoms with E-state index in [0.29, 0.717) is 19.4 Å². The summed E-state index contributed by atoms with van der Waals surface area (Å²) in [6.45, 7) is 11.9. The molecule has 0 radical (unpaired) electrons. The summed E-state index contributed by atoms with van der Waals surface area (Å²) in [5.41, 5.74) is 1.36. The standard InChI is InChI=1S/C21H34N2O3/c1-7-21(8-2,15-22-19(25)26-20(4,5)6)23-18(24)13-12-17-11-9-10-16(3)14-17/h9-11,14H,7-8,12-13,15H2,1-6H3,(H,22,25)(H,23,24). The van der Waals surface area contributed by atoms with E-state index in [1.54, 1.807) is 0 Å². The van der Waals surface area contributed by atoms with Crippen LogP contribution in [0.25, 0.3) is 0 Å². The van der Waals surface area contributed by atoms with E-state index in [-0.39, 0.29) is 5.91 Å². The Morgan fingerprint density at radius 1 is 1.12 bits per heavy atom. The van der Waals surface area contributed by atoms with Crippen molar-refractivity contribution in [1.29, 1.82) is 0 Å². The van der Waals surface area contributed by atoms with Gasteiger partial charge in [0, 0.05) is 13.0 Å². The maximum Gasteiger partial charge on any atom is 0.407 e. The molecule has 1 aromatic carbocycles. The van der Waals surface area contributed by atoms with Crippen LogP contribution in [-0.4, -0.2) is 29.7 Å². The first-order valence-electron chi connectivity index (χ1n) is 9.42. The highest BCUT2D eigenvalue weighted by Crippen LogP contribution is 2.16. The minimum absolute atomic E-state index is 0.00111. The third kappa shape index (κ3) is 7.89. The normalized spacial score (nSPS) is 11.8. The summed E-state index contributed by atoms with van der Waals surface area (Å²) in [7, 11) is 0. The number of nitrogens with one attached hydrogen (secondary N) is 2. The topological polar surface area (TPSA) is 67.4 Å². The van der Waals surface area contributed by atoms with Gasteiger partial charge in [0.05, 0.1) is 5.54 Å². The molecule has 5 heteroatoms. The first-order valence-corrected chi connectivity index (χ1v) is 9.42. The fourth-order valence-corrected chi connectivity index (χ4v) is 2.76. The zero-order valence-corrected chi connectivity index (χ0v) is 17.1. The average molecular weight is 363 g/mol. The van der Waals surface area contributed by atoms with Gasteiger partial charge in [-0.25, -0.2) is 4.79 Å². The summed E-state index contributed by atoms with van der Waals surface area (Å²) >= 11 is 0. The van der Waals surface area contributed by atoms with Gasteiger partial charge in [0.2, 0.25) is 5.91 Å². The van der Waals surface area contributed by atoms with Crippen molar-refractivity contribution in [2.45, 2.75) is 78.4 Å². The summed E-state index contributed by atoms with van der Waals surface area (Å²) in [5, 5.41) is 5.92. The lowest BCUT2D eigenvalue weighted by Crippen LogP contribution is -2.55. The Hall–Kier alpha value is -2.04. The van der Waals surface area contributed by atoms with Crippen LogP contribution in [0.3, 0.4) is 0 Å². The van der Waals surface area contributed by atoms with Gasteiger partial charge >= 0.3 is 6.09 Å². The van der Waals surface area contributed by atoms with Crippen LogP contribution in [-0.2, 0) is 16.0 Å². The van der Waals surface area contributed by atoms with Crippen molar-refractivity contribution in [3.8, 4) is 0 Å². The number of hydrogen-bond donors (Lipinski definition) is 2. The van der Waals surface area contributed by atoms with Gasteiger partial charge in [0.15, 0.2) is 0 Å². The van der Waals surface area contributed by atoms with Gasteiger partial charge in [0.25, 0.3) is 0 Å². The molecule has 2 N–H and O–H groups in total. The summed E-state index contributed by atoms with van der Waals surface area (Å²) in [6, 6.07) is 8.20. The quantitative estimate of drug-likeness (QED) is 0.731. The van der Waals surface area contributed by atoms with Crippen LogP contribution in [0.4, 0.5) is 4.79 Å². The van der Waals surface area contributed by atoms with Crippen molar-refractivity contribution in [1.82, 2.24) is 10.6 Å². The van der Waals surface area contributed by atoms with Crippen LogP contribution in [0.2, 0.25) is 0 Å². The molecule has 0 atom stereocenters. The Labute approximate surface area is 157 Å². The number of ether oxygens (including phenoxy) is 1. The van der Waals surface area contributed by atoms with Crippen LogP contribution >= 0.6 is 0 Å². The second kappa shape index (κ2) is 9.60. The molecule has 0 aliphatic carbocycles. The van der Waals surface area contributed by atoms with Crippen molar-refractivity contribution in [3.05, 3.63) is 35.4 Å². The smallest absolute Gasteiger partial charge is 0.407 e. The zero-order chi connectivity index (χ0) is 19.8. The molecule has 0 aromatic heterocycles. The number of amides is 2. The molecule has 0 unspecified atom stereocenters.